The Bertz CT molecular complexity index is 1200. The molecule has 1 aliphatic carbocycles. The second-order valence-electron chi connectivity index (χ2n) is 6.18. The van der Waals surface area contributed by atoms with Gasteiger partial charge in [0.2, 0.25) is 0 Å². The van der Waals surface area contributed by atoms with Gasteiger partial charge in [0.1, 0.15) is 6.61 Å². The van der Waals surface area contributed by atoms with Crippen LogP contribution in [0.4, 0.5) is 0 Å². The molecule has 0 radical (unpaired) electrons. The van der Waals surface area contributed by atoms with Gasteiger partial charge in [-0.15, -0.1) is 0 Å². The van der Waals surface area contributed by atoms with E-state index in [9.17, 15) is 14.4 Å². The van der Waals surface area contributed by atoms with Crippen LogP contribution in [-0.4, -0.2) is 21.6 Å². The van der Waals surface area contributed by atoms with Gasteiger partial charge in [-0.05, 0) is 30.2 Å². The van der Waals surface area contributed by atoms with Crippen molar-refractivity contribution in [1.82, 2.24) is 9.38 Å². The maximum Gasteiger partial charge on any atom is 0.293 e. The predicted molar refractivity (Wildman–Crippen MR) is 97.0 cm³/mol. The van der Waals surface area contributed by atoms with Crippen LogP contribution >= 0.6 is 0 Å². The number of fused-ring (bicyclic) bond motifs is 4. The first-order valence-corrected chi connectivity index (χ1v) is 8.40. The summed E-state index contributed by atoms with van der Waals surface area (Å²) in [6, 6.07) is 3.70. The highest BCUT2D eigenvalue weighted by atomic mass is 16.5. The Labute approximate surface area is 148 Å². The van der Waals surface area contributed by atoms with E-state index in [0.29, 0.717) is 11.0 Å². The Balaban J connectivity index is 2.07. The number of hydrogen-bond acceptors (Lipinski definition) is 5. The van der Waals surface area contributed by atoms with Gasteiger partial charge in [0.05, 0.1) is 21.9 Å². The zero-order valence-corrected chi connectivity index (χ0v) is 14.2. The average Bonchev–Trinajstić information content (AvgIpc) is 3.02. The second-order valence-corrected chi connectivity index (χ2v) is 6.18. The van der Waals surface area contributed by atoms with Gasteiger partial charge in [0.25, 0.3) is 12.0 Å². The van der Waals surface area contributed by atoms with Crippen molar-refractivity contribution < 1.29 is 14.3 Å². The fourth-order valence-corrected chi connectivity index (χ4v) is 3.36. The number of ether oxygens (including phenoxy) is 1. The van der Waals surface area contributed by atoms with Gasteiger partial charge in [-0.1, -0.05) is 19.1 Å². The third kappa shape index (κ3) is 2.42. The first kappa shape index (κ1) is 16.2. The smallest absolute Gasteiger partial charge is 0.293 e. The molecule has 3 heterocycles. The van der Waals surface area contributed by atoms with Crippen molar-refractivity contribution in [3.63, 3.8) is 0 Å². The standard InChI is InChI=1S/C20H16N2O4/c1-2-18(24)14-8-17-19-13(7-12-5-3-4-6-16(12)21-19)9-22(17)20(25)15(14)10-26-11-23/h3-4,6-9,11H,2,5,10H2,1H3. The van der Waals surface area contributed by atoms with Crippen molar-refractivity contribution in [3.05, 3.63) is 62.9 Å². The molecule has 0 aliphatic heterocycles. The average molecular weight is 348 g/mol. The minimum atomic E-state index is -0.362. The van der Waals surface area contributed by atoms with Crippen molar-refractivity contribution >= 4 is 34.8 Å². The van der Waals surface area contributed by atoms with E-state index < -0.39 is 0 Å². The van der Waals surface area contributed by atoms with Gasteiger partial charge in [0, 0.05) is 23.6 Å². The van der Waals surface area contributed by atoms with Crippen LogP contribution in [0, 0.1) is 0 Å². The van der Waals surface area contributed by atoms with Crippen molar-refractivity contribution in [1.29, 1.82) is 0 Å². The number of aromatic nitrogens is 2. The molecular weight excluding hydrogens is 332 g/mol. The number of carbonyl (C=O) groups excluding carboxylic acids is 2. The molecule has 26 heavy (non-hydrogen) atoms. The highest BCUT2D eigenvalue weighted by Gasteiger charge is 2.19. The van der Waals surface area contributed by atoms with Gasteiger partial charge in [-0.25, -0.2) is 4.98 Å². The van der Waals surface area contributed by atoms with Gasteiger partial charge in [-0.3, -0.25) is 18.8 Å². The Hall–Kier alpha value is -3.28. The highest BCUT2D eigenvalue weighted by Crippen LogP contribution is 2.22. The lowest BCUT2D eigenvalue weighted by Gasteiger charge is -2.08. The number of allylic oxidation sites excluding steroid dienone is 2. The van der Waals surface area contributed by atoms with E-state index in [2.05, 4.69) is 6.08 Å². The van der Waals surface area contributed by atoms with Crippen molar-refractivity contribution in [2.24, 2.45) is 0 Å². The van der Waals surface area contributed by atoms with Crippen LogP contribution in [-0.2, 0) is 22.6 Å². The molecule has 0 fully saturated rings. The number of Topliss-reactive ketones (excluding diaryl/α,β-unsaturated/α-hetero) is 1. The van der Waals surface area contributed by atoms with Crippen LogP contribution in [0.3, 0.4) is 0 Å². The number of rotatable bonds is 5. The monoisotopic (exact) mass is 348 g/mol. The largest absolute Gasteiger partial charge is 0.463 e. The summed E-state index contributed by atoms with van der Waals surface area (Å²) in [6.07, 6.45) is 8.72. The Kier molecular flexibility index (Phi) is 3.88. The maximum absolute atomic E-state index is 12.9. The van der Waals surface area contributed by atoms with Crippen molar-refractivity contribution in [2.45, 2.75) is 26.4 Å². The van der Waals surface area contributed by atoms with Crippen LogP contribution in [0.25, 0.3) is 22.5 Å². The zero-order chi connectivity index (χ0) is 18.3. The molecule has 3 aromatic rings. The van der Waals surface area contributed by atoms with Crippen LogP contribution in [0.5, 0.6) is 0 Å². The molecule has 3 aromatic heterocycles. The molecule has 0 N–H and O–H groups in total. The minimum Gasteiger partial charge on any atom is -0.463 e. The van der Waals surface area contributed by atoms with Crippen LogP contribution in [0.2, 0.25) is 0 Å². The summed E-state index contributed by atoms with van der Waals surface area (Å²) in [6.45, 7) is 1.78. The first-order chi connectivity index (χ1) is 12.6. The summed E-state index contributed by atoms with van der Waals surface area (Å²) >= 11 is 0. The van der Waals surface area contributed by atoms with Gasteiger partial charge in [-0.2, -0.15) is 0 Å². The van der Waals surface area contributed by atoms with Gasteiger partial charge in [0.15, 0.2) is 5.78 Å². The third-order valence-electron chi connectivity index (χ3n) is 4.66. The fraction of sp³-hybridized carbons (Fsp3) is 0.200. The van der Waals surface area contributed by atoms with E-state index in [0.717, 1.165) is 22.7 Å². The van der Waals surface area contributed by atoms with E-state index >= 15 is 0 Å². The van der Waals surface area contributed by atoms with Gasteiger partial charge >= 0.3 is 0 Å². The summed E-state index contributed by atoms with van der Waals surface area (Å²) in [5.74, 6) is -0.170. The number of ketones is 1. The normalized spacial score (nSPS) is 12.8. The SMILES string of the molecule is CCC(=O)c1cc2c3nc4c(cc3cn2c(=O)c1COC=O)CC=CC=4. The summed E-state index contributed by atoms with van der Waals surface area (Å²) in [5.41, 5.74) is 2.48. The molecule has 4 rings (SSSR count). The van der Waals surface area contributed by atoms with Gasteiger partial charge < -0.3 is 4.74 Å². The second kappa shape index (κ2) is 6.22. The molecule has 130 valence electrons. The van der Waals surface area contributed by atoms with E-state index in [4.69, 9.17) is 9.72 Å². The lowest BCUT2D eigenvalue weighted by Crippen LogP contribution is -2.22. The van der Waals surface area contributed by atoms with E-state index in [1.165, 1.54) is 4.40 Å². The molecule has 0 aromatic carbocycles. The number of carbonyl (C=O) groups is 2. The Morgan fingerprint density at radius 3 is 3.00 bits per heavy atom. The number of hydrogen-bond donors (Lipinski definition) is 0. The van der Waals surface area contributed by atoms with Crippen LogP contribution < -0.4 is 10.9 Å². The maximum atomic E-state index is 12.9. The number of nitrogens with zero attached hydrogens (tertiary/aromatic N) is 2. The highest BCUT2D eigenvalue weighted by molar-refractivity contribution is 6.02. The molecule has 0 bridgehead atoms. The first-order valence-electron chi connectivity index (χ1n) is 8.40. The molecule has 0 saturated carbocycles. The summed E-state index contributed by atoms with van der Waals surface area (Å²) in [7, 11) is 0. The third-order valence-corrected chi connectivity index (χ3v) is 4.66. The molecule has 1 aliphatic rings. The quantitative estimate of drug-likeness (QED) is 0.518. The summed E-state index contributed by atoms with van der Waals surface area (Å²) < 4.78 is 6.24. The predicted octanol–water partition coefficient (Wildman–Crippen LogP) is 1.73. The summed E-state index contributed by atoms with van der Waals surface area (Å²) in [4.78, 5) is 40.5. The zero-order valence-electron chi connectivity index (χ0n) is 14.2. The van der Waals surface area contributed by atoms with Crippen LogP contribution in [0.1, 0.15) is 34.8 Å². The minimum absolute atomic E-state index is 0.170. The van der Waals surface area contributed by atoms with E-state index in [1.54, 1.807) is 19.2 Å². The fourth-order valence-electron chi connectivity index (χ4n) is 3.36. The Morgan fingerprint density at radius 1 is 1.38 bits per heavy atom. The van der Waals surface area contributed by atoms with E-state index in [-0.39, 0.29) is 42.0 Å². The lowest BCUT2D eigenvalue weighted by atomic mass is 10.0. The van der Waals surface area contributed by atoms with Crippen LogP contribution in [0.15, 0.2) is 35.3 Å². The van der Waals surface area contributed by atoms with Crippen molar-refractivity contribution in [2.75, 3.05) is 0 Å². The molecule has 0 unspecified atom stereocenters. The molecule has 6 heteroatoms. The Morgan fingerprint density at radius 2 is 2.23 bits per heavy atom. The summed E-state index contributed by atoms with van der Waals surface area (Å²) in [5, 5.41) is 1.71. The molecule has 0 amide bonds. The lowest BCUT2D eigenvalue weighted by molar-refractivity contribution is -0.129. The topological polar surface area (TPSA) is 77.7 Å². The molecule has 0 atom stereocenters. The molecule has 0 saturated heterocycles. The number of pyridine rings is 2. The molecule has 6 nitrogen and oxygen atoms in total. The van der Waals surface area contributed by atoms with Crippen molar-refractivity contribution in [3.8, 4) is 0 Å². The molecule has 0 spiro atoms. The van der Waals surface area contributed by atoms with E-state index in [1.807, 2.05) is 18.2 Å². The molecular formula is C20H16N2O4.